The molecule has 0 spiro atoms. The van der Waals surface area contributed by atoms with Gasteiger partial charge in [-0.3, -0.25) is 4.79 Å². The third-order valence-electron chi connectivity index (χ3n) is 3.62. The van der Waals surface area contributed by atoms with Crippen LogP contribution >= 0.6 is 0 Å². The van der Waals surface area contributed by atoms with Crippen LogP contribution in [0.2, 0.25) is 0 Å². The highest BCUT2D eigenvalue weighted by molar-refractivity contribution is 5.81. The fourth-order valence-corrected chi connectivity index (χ4v) is 2.49. The van der Waals surface area contributed by atoms with E-state index in [9.17, 15) is 9.59 Å². The summed E-state index contributed by atoms with van der Waals surface area (Å²) in [5.41, 5.74) is 1.16. The number of Topliss-reactive ketones (excluding diaryl/α,β-unsaturated/α-hetero) is 1. The Morgan fingerprint density at radius 2 is 2.06 bits per heavy atom. The molecule has 0 saturated heterocycles. The third kappa shape index (κ3) is 4.63. The molecular weight excluding hydrogens is 228 g/mol. The monoisotopic (exact) mass is 252 g/mol. The van der Waals surface area contributed by atoms with Gasteiger partial charge in [0.2, 0.25) is 0 Å². The first kappa shape index (κ1) is 14.9. The molecule has 0 N–H and O–H groups in total. The van der Waals surface area contributed by atoms with E-state index < -0.39 is 0 Å². The van der Waals surface area contributed by atoms with Gasteiger partial charge in [0.25, 0.3) is 0 Å². The summed E-state index contributed by atoms with van der Waals surface area (Å²) in [6, 6.07) is 0. The summed E-state index contributed by atoms with van der Waals surface area (Å²) in [4.78, 5) is 22.5. The van der Waals surface area contributed by atoms with Crippen molar-refractivity contribution in [3.05, 3.63) is 12.2 Å². The summed E-state index contributed by atoms with van der Waals surface area (Å²) in [5, 5.41) is 0. The van der Waals surface area contributed by atoms with Gasteiger partial charge in [-0.1, -0.05) is 26.0 Å². The SMILES string of the molecule is C=C1CCC(C(C)C)C(OC(=O)CCC(C)=O)C1. The van der Waals surface area contributed by atoms with Gasteiger partial charge in [-0.25, -0.2) is 0 Å². The van der Waals surface area contributed by atoms with Gasteiger partial charge >= 0.3 is 5.97 Å². The van der Waals surface area contributed by atoms with Crippen LogP contribution in [0.4, 0.5) is 0 Å². The molecular formula is C15H24O3. The van der Waals surface area contributed by atoms with E-state index in [4.69, 9.17) is 4.74 Å². The zero-order valence-electron chi connectivity index (χ0n) is 11.7. The molecule has 1 fully saturated rings. The zero-order chi connectivity index (χ0) is 13.7. The van der Waals surface area contributed by atoms with Gasteiger partial charge in [0.1, 0.15) is 11.9 Å². The quantitative estimate of drug-likeness (QED) is 0.557. The van der Waals surface area contributed by atoms with Gasteiger partial charge < -0.3 is 9.53 Å². The molecule has 1 rings (SSSR count). The number of ether oxygens (including phenoxy) is 1. The Hall–Kier alpha value is -1.12. The normalized spacial score (nSPS) is 24.1. The largest absolute Gasteiger partial charge is 0.462 e. The maximum Gasteiger partial charge on any atom is 0.306 e. The predicted molar refractivity (Wildman–Crippen MR) is 71.1 cm³/mol. The van der Waals surface area contributed by atoms with Crippen molar-refractivity contribution in [1.29, 1.82) is 0 Å². The van der Waals surface area contributed by atoms with Crippen molar-refractivity contribution in [2.24, 2.45) is 11.8 Å². The molecule has 1 aliphatic rings. The highest BCUT2D eigenvalue weighted by atomic mass is 16.5. The van der Waals surface area contributed by atoms with Crippen LogP contribution in [0.5, 0.6) is 0 Å². The summed E-state index contributed by atoms with van der Waals surface area (Å²) in [6.45, 7) is 9.81. The minimum absolute atomic E-state index is 0.0282. The lowest BCUT2D eigenvalue weighted by molar-refractivity contribution is -0.154. The Bertz CT molecular complexity index is 331. The van der Waals surface area contributed by atoms with E-state index in [1.165, 1.54) is 6.92 Å². The summed E-state index contributed by atoms with van der Waals surface area (Å²) >= 11 is 0. The fourth-order valence-electron chi connectivity index (χ4n) is 2.49. The number of ketones is 1. The minimum Gasteiger partial charge on any atom is -0.462 e. The van der Waals surface area contributed by atoms with Gasteiger partial charge in [0.15, 0.2) is 0 Å². The van der Waals surface area contributed by atoms with Crippen LogP contribution in [0, 0.1) is 11.8 Å². The van der Waals surface area contributed by atoms with Gasteiger partial charge in [-0.15, -0.1) is 0 Å². The van der Waals surface area contributed by atoms with Gasteiger partial charge in [-0.05, 0) is 31.6 Å². The summed E-state index contributed by atoms with van der Waals surface area (Å²) in [7, 11) is 0. The molecule has 1 saturated carbocycles. The lowest BCUT2D eigenvalue weighted by Crippen LogP contribution is -2.34. The molecule has 1 aliphatic carbocycles. The van der Waals surface area contributed by atoms with Crippen molar-refractivity contribution < 1.29 is 14.3 Å². The molecule has 0 aromatic heterocycles. The highest BCUT2D eigenvalue weighted by Crippen LogP contribution is 2.34. The molecule has 18 heavy (non-hydrogen) atoms. The maximum absolute atomic E-state index is 11.7. The zero-order valence-corrected chi connectivity index (χ0v) is 11.7. The molecule has 0 amide bonds. The van der Waals surface area contributed by atoms with Crippen LogP contribution in [0.15, 0.2) is 12.2 Å². The molecule has 0 aromatic rings. The molecule has 0 bridgehead atoms. The lowest BCUT2D eigenvalue weighted by atomic mass is 9.77. The standard InChI is InChI=1S/C15H24O3/c1-10(2)13-7-5-11(3)9-14(13)18-15(17)8-6-12(4)16/h10,13-14H,3,5-9H2,1-2,4H3. The molecule has 2 unspecified atom stereocenters. The second kappa shape index (κ2) is 6.72. The average molecular weight is 252 g/mol. The van der Waals surface area contributed by atoms with Crippen LogP contribution in [0.3, 0.4) is 0 Å². The molecule has 2 atom stereocenters. The van der Waals surface area contributed by atoms with Crippen LogP contribution in [0.1, 0.15) is 52.9 Å². The molecule has 0 heterocycles. The average Bonchev–Trinajstić information content (AvgIpc) is 2.26. The van der Waals surface area contributed by atoms with Crippen LogP contribution in [-0.2, 0) is 14.3 Å². The van der Waals surface area contributed by atoms with Crippen LogP contribution in [0.25, 0.3) is 0 Å². The van der Waals surface area contributed by atoms with Gasteiger partial charge in [-0.2, -0.15) is 0 Å². The number of hydrogen-bond acceptors (Lipinski definition) is 3. The molecule has 3 heteroatoms. The van der Waals surface area contributed by atoms with Crippen LogP contribution < -0.4 is 0 Å². The first-order valence-electron chi connectivity index (χ1n) is 6.75. The first-order chi connectivity index (χ1) is 8.40. The van der Waals surface area contributed by atoms with E-state index in [1.807, 2.05) is 0 Å². The summed E-state index contributed by atoms with van der Waals surface area (Å²) in [6.07, 6.45) is 3.27. The maximum atomic E-state index is 11.7. The Balaban J connectivity index is 2.52. The topological polar surface area (TPSA) is 43.4 Å². The fraction of sp³-hybridized carbons (Fsp3) is 0.733. The van der Waals surface area contributed by atoms with Gasteiger partial charge in [0.05, 0.1) is 6.42 Å². The van der Waals surface area contributed by atoms with E-state index in [0.717, 1.165) is 24.8 Å². The predicted octanol–water partition coefficient (Wildman–Crippen LogP) is 3.28. The first-order valence-corrected chi connectivity index (χ1v) is 6.75. The van der Waals surface area contributed by atoms with Crippen molar-refractivity contribution >= 4 is 11.8 Å². The summed E-state index contributed by atoms with van der Waals surface area (Å²) < 4.78 is 5.53. The van der Waals surface area contributed by atoms with Crippen molar-refractivity contribution in [1.82, 2.24) is 0 Å². The van der Waals surface area contributed by atoms with Crippen molar-refractivity contribution in [2.45, 2.75) is 59.0 Å². The Kier molecular flexibility index (Phi) is 5.57. The highest BCUT2D eigenvalue weighted by Gasteiger charge is 2.31. The van der Waals surface area contributed by atoms with Crippen LogP contribution in [-0.4, -0.2) is 17.9 Å². The van der Waals surface area contributed by atoms with Crippen molar-refractivity contribution in [3.8, 4) is 0 Å². The van der Waals surface area contributed by atoms with Crippen molar-refractivity contribution in [3.63, 3.8) is 0 Å². The molecule has 3 nitrogen and oxygen atoms in total. The smallest absolute Gasteiger partial charge is 0.306 e. The van der Waals surface area contributed by atoms with Gasteiger partial charge in [0, 0.05) is 12.8 Å². The summed E-state index contributed by atoms with van der Waals surface area (Å²) in [5.74, 6) is 0.691. The molecule has 0 radical (unpaired) electrons. The molecule has 102 valence electrons. The van der Waals surface area contributed by atoms with E-state index in [2.05, 4.69) is 20.4 Å². The second-order valence-corrected chi connectivity index (χ2v) is 5.63. The lowest BCUT2D eigenvalue weighted by Gasteiger charge is -2.34. The number of carbonyl (C=O) groups excluding carboxylic acids is 2. The number of carbonyl (C=O) groups is 2. The Morgan fingerprint density at radius 3 is 2.61 bits per heavy atom. The Morgan fingerprint density at radius 1 is 1.39 bits per heavy atom. The third-order valence-corrected chi connectivity index (χ3v) is 3.62. The number of hydrogen-bond donors (Lipinski definition) is 0. The number of rotatable bonds is 5. The molecule has 0 aromatic carbocycles. The van der Waals surface area contributed by atoms with Crippen molar-refractivity contribution in [2.75, 3.05) is 0 Å². The Labute approximate surface area is 110 Å². The van der Waals surface area contributed by atoms with E-state index in [1.54, 1.807) is 0 Å². The number of esters is 1. The van der Waals surface area contributed by atoms with E-state index in [0.29, 0.717) is 11.8 Å². The van der Waals surface area contributed by atoms with E-state index >= 15 is 0 Å². The second-order valence-electron chi connectivity index (χ2n) is 5.63. The minimum atomic E-state index is -0.254. The van der Waals surface area contributed by atoms with E-state index in [-0.39, 0.29) is 30.7 Å². The molecule has 0 aliphatic heterocycles.